The van der Waals surface area contributed by atoms with Crippen LogP contribution in [0, 0.1) is 0 Å². The van der Waals surface area contributed by atoms with Crippen LogP contribution in [0.3, 0.4) is 0 Å². The Kier molecular flexibility index (Phi) is 4.34. The number of benzene rings is 1. The van der Waals surface area contributed by atoms with Crippen molar-refractivity contribution in [2.75, 3.05) is 0 Å². The van der Waals surface area contributed by atoms with Crippen LogP contribution in [-0.4, -0.2) is 9.97 Å². The van der Waals surface area contributed by atoms with Gasteiger partial charge >= 0.3 is 0 Å². The summed E-state index contributed by atoms with van der Waals surface area (Å²) in [5.74, 6) is 1.45. The topological polar surface area (TPSA) is 35.0 Å². The van der Waals surface area contributed by atoms with E-state index in [0.717, 1.165) is 11.3 Å². The van der Waals surface area contributed by atoms with Gasteiger partial charge in [-0.25, -0.2) is 9.97 Å². The molecule has 0 unspecified atom stereocenters. The lowest BCUT2D eigenvalue weighted by Crippen LogP contribution is -2.01. The minimum absolute atomic E-state index is 0.350. The van der Waals surface area contributed by atoms with Crippen molar-refractivity contribution in [1.82, 2.24) is 9.97 Å². The summed E-state index contributed by atoms with van der Waals surface area (Å²) >= 11 is 9.31. The molecule has 0 atom stereocenters. The lowest BCUT2D eigenvalue weighted by Gasteiger charge is -2.09. The zero-order chi connectivity index (χ0) is 12.1. The molecule has 2 aromatic rings. The third kappa shape index (κ3) is 3.41. The van der Waals surface area contributed by atoms with E-state index in [1.54, 1.807) is 24.5 Å². The molecule has 0 aliphatic heterocycles. The molecule has 5 heteroatoms. The van der Waals surface area contributed by atoms with Gasteiger partial charge in [0.25, 0.3) is 0 Å². The normalized spacial score (nSPS) is 10.2. The molecule has 3 nitrogen and oxygen atoms in total. The summed E-state index contributed by atoms with van der Waals surface area (Å²) in [6.45, 7) is 0.350. The average molecular weight is 314 g/mol. The molecule has 0 radical (unpaired) electrons. The number of rotatable bonds is 4. The lowest BCUT2D eigenvalue weighted by atomic mass is 10.2. The van der Waals surface area contributed by atoms with Gasteiger partial charge in [0.1, 0.15) is 12.4 Å². The Morgan fingerprint density at radius 3 is 2.71 bits per heavy atom. The summed E-state index contributed by atoms with van der Waals surface area (Å²) in [6, 6.07) is 7.30. The Morgan fingerprint density at radius 1 is 1.24 bits per heavy atom. The monoisotopic (exact) mass is 312 g/mol. The smallest absolute Gasteiger partial charge is 0.166 e. The molecule has 0 bridgehead atoms. The van der Waals surface area contributed by atoms with E-state index in [9.17, 15) is 0 Å². The molecule has 1 aromatic heterocycles. The molecule has 0 saturated carbocycles. The molecular formula is C12H10BrClN2O. The molecule has 2 rings (SSSR count). The van der Waals surface area contributed by atoms with E-state index in [0.29, 0.717) is 22.8 Å². The van der Waals surface area contributed by atoms with E-state index < -0.39 is 0 Å². The first-order chi connectivity index (χ1) is 8.29. The van der Waals surface area contributed by atoms with Crippen molar-refractivity contribution in [2.24, 2.45) is 0 Å². The first-order valence-corrected chi connectivity index (χ1v) is 6.52. The second kappa shape index (κ2) is 5.98. The third-order valence-corrected chi connectivity index (χ3v) is 2.98. The van der Waals surface area contributed by atoms with Crippen LogP contribution in [0.25, 0.3) is 0 Å². The van der Waals surface area contributed by atoms with Gasteiger partial charge in [-0.3, -0.25) is 0 Å². The molecule has 0 fully saturated rings. The van der Waals surface area contributed by atoms with Gasteiger partial charge in [0.05, 0.1) is 0 Å². The van der Waals surface area contributed by atoms with Crippen molar-refractivity contribution in [1.29, 1.82) is 0 Å². The van der Waals surface area contributed by atoms with Crippen LogP contribution >= 0.6 is 27.5 Å². The van der Waals surface area contributed by atoms with Crippen molar-refractivity contribution in [3.63, 3.8) is 0 Å². The Labute approximate surface area is 113 Å². The van der Waals surface area contributed by atoms with Gasteiger partial charge in [-0.2, -0.15) is 0 Å². The maximum atomic E-state index is 5.91. The fraction of sp³-hybridized carbons (Fsp3) is 0.167. The van der Waals surface area contributed by atoms with E-state index in [-0.39, 0.29) is 0 Å². The number of nitrogens with zero attached hydrogens (tertiary/aromatic N) is 2. The van der Waals surface area contributed by atoms with Crippen molar-refractivity contribution in [2.45, 2.75) is 11.9 Å². The summed E-state index contributed by atoms with van der Waals surface area (Å²) in [5, 5.41) is 1.39. The van der Waals surface area contributed by atoms with E-state index in [1.807, 2.05) is 12.1 Å². The first kappa shape index (κ1) is 12.3. The Morgan fingerprint density at radius 2 is 2.00 bits per heavy atom. The molecule has 1 aromatic carbocycles. The summed E-state index contributed by atoms with van der Waals surface area (Å²) in [6.07, 6.45) is 3.39. The minimum Gasteiger partial charge on any atom is -0.485 e. The van der Waals surface area contributed by atoms with Gasteiger partial charge in [0, 0.05) is 28.3 Å². The van der Waals surface area contributed by atoms with Gasteiger partial charge in [-0.05, 0) is 24.3 Å². The average Bonchev–Trinajstić information content (AvgIpc) is 2.38. The maximum absolute atomic E-state index is 5.91. The highest BCUT2D eigenvalue weighted by molar-refractivity contribution is 9.08. The quantitative estimate of drug-likeness (QED) is 0.809. The molecule has 0 N–H and O–H groups in total. The molecule has 1 heterocycles. The van der Waals surface area contributed by atoms with Crippen LogP contribution < -0.4 is 4.74 Å². The molecular weight excluding hydrogens is 304 g/mol. The zero-order valence-corrected chi connectivity index (χ0v) is 11.3. The Bertz CT molecular complexity index is 493. The summed E-state index contributed by atoms with van der Waals surface area (Å²) in [4.78, 5) is 8.19. The van der Waals surface area contributed by atoms with Gasteiger partial charge in [-0.1, -0.05) is 27.5 Å². The van der Waals surface area contributed by atoms with Gasteiger partial charge in [0.2, 0.25) is 0 Å². The Hall–Kier alpha value is -1.13. The van der Waals surface area contributed by atoms with Crippen LogP contribution in [0.2, 0.25) is 5.02 Å². The first-order valence-electron chi connectivity index (χ1n) is 5.02. The predicted molar refractivity (Wildman–Crippen MR) is 70.4 cm³/mol. The fourth-order valence-corrected chi connectivity index (χ4v) is 1.97. The number of aromatic nitrogens is 2. The molecule has 88 valence electrons. The lowest BCUT2D eigenvalue weighted by molar-refractivity contribution is 0.293. The number of alkyl halides is 1. The van der Waals surface area contributed by atoms with Crippen molar-refractivity contribution >= 4 is 27.5 Å². The molecule has 0 aliphatic carbocycles. The Balaban J connectivity index is 2.09. The van der Waals surface area contributed by atoms with Gasteiger partial charge < -0.3 is 4.74 Å². The largest absolute Gasteiger partial charge is 0.485 e. The van der Waals surface area contributed by atoms with Crippen LogP contribution in [0.5, 0.6) is 5.75 Å². The van der Waals surface area contributed by atoms with E-state index in [4.69, 9.17) is 16.3 Å². The second-order valence-corrected chi connectivity index (χ2v) is 4.34. The van der Waals surface area contributed by atoms with Crippen LogP contribution in [0.15, 0.2) is 36.7 Å². The highest BCUT2D eigenvalue weighted by Crippen LogP contribution is 2.25. The minimum atomic E-state index is 0.350. The van der Waals surface area contributed by atoms with Crippen molar-refractivity contribution in [3.05, 3.63) is 53.1 Å². The summed E-state index contributed by atoms with van der Waals surface area (Å²) in [5.41, 5.74) is 1.01. The highest BCUT2D eigenvalue weighted by atomic mass is 79.9. The zero-order valence-electron chi connectivity index (χ0n) is 8.94. The van der Waals surface area contributed by atoms with Gasteiger partial charge in [0.15, 0.2) is 5.82 Å². The predicted octanol–water partition coefficient (Wildman–Crippen LogP) is 3.60. The maximum Gasteiger partial charge on any atom is 0.166 e. The second-order valence-electron chi connectivity index (χ2n) is 3.34. The van der Waals surface area contributed by atoms with Crippen LogP contribution in [0.1, 0.15) is 11.4 Å². The number of hydrogen-bond donors (Lipinski definition) is 0. The van der Waals surface area contributed by atoms with E-state index in [2.05, 4.69) is 25.9 Å². The van der Waals surface area contributed by atoms with E-state index in [1.165, 1.54) is 0 Å². The third-order valence-electron chi connectivity index (χ3n) is 2.14. The standard InChI is InChI=1S/C12H10BrClN2O/c13-7-9-6-10(14)2-3-11(9)17-8-12-15-4-1-5-16-12/h1-6H,7-8H2. The summed E-state index contributed by atoms with van der Waals surface area (Å²) < 4.78 is 5.66. The molecule has 0 saturated heterocycles. The fourth-order valence-electron chi connectivity index (χ4n) is 1.34. The van der Waals surface area contributed by atoms with Crippen molar-refractivity contribution < 1.29 is 4.74 Å². The van der Waals surface area contributed by atoms with E-state index >= 15 is 0 Å². The van der Waals surface area contributed by atoms with Crippen molar-refractivity contribution in [3.8, 4) is 5.75 Å². The number of halogens is 2. The number of ether oxygens (including phenoxy) is 1. The van der Waals surface area contributed by atoms with Crippen LogP contribution in [-0.2, 0) is 11.9 Å². The summed E-state index contributed by atoms with van der Waals surface area (Å²) in [7, 11) is 0. The molecule has 0 amide bonds. The molecule has 0 aliphatic rings. The van der Waals surface area contributed by atoms with Gasteiger partial charge in [-0.15, -0.1) is 0 Å². The highest BCUT2D eigenvalue weighted by Gasteiger charge is 2.04. The SMILES string of the molecule is Clc1ccc(OCc2ncccn2)c(CBr)c1. The molecule has 0 spiro atoms. The van der Waals surface area contributed by atoms with Crippen LogP contribution in [0.4, 0.5) is 0 Å². The molecule has 17 heavy (non-hydrogen) atoms. The number of hydrogen-bond acceptors (Lipinski definition) is 3.